The van der Waals surface area contributed by atoms with E-state index in [-0.39, 0.29) is 43.4 Å². The topological polar surface area (TPSA) is 52.7 Å². The third kappa shape index (κ3) is 3.91. The van der Waals surface area contributed by atoms with E-state index in [4.69, 9.17) is 0 Å². The fourth-order valence-electron chi connectivity index (χ4n) is 3.86. The van der Waals surface area contributed by atoms with Crippen molar-refractivity contribution in [1.29, 1.82) is 0 Å². The fraction of sp³-hybridized carbons (Fsp3) is 0.857. The second kappa shape index (κ2) is 6.84. The van der Waals surface area contributed by atoms with Crippen molar-refractivity contribution in [3.63, 3.8) is 0 Å². The van der Waals surface area contributed by atoms with Crippen molar-refractivity contribution in [3.8, 4) is 0 Å². The molecule has 3 heterocycles. The average Bonchev–Trinajstić information content (AvgIpc) is 2.87. The summed E-state index contributed by atoms with van der Waals surface area (Å²) in [6.45, 7) is 0.217. The molecule has 1 N–H and O–H groups in total. The van der Waals surface area contributed by atoms with Crippen LogP contribution < -0.4 is 5.32 Å². The van der Waals surface area contributed by atoms with Crippen LogP contribution in [0.4, 0.5) is 13.2 Å². The second-order valence-corrected chi connectivity index (χ2v) is 6.41. The molecule has 0 aromatic heterocycles. The minimum absolute atomic E-state index is 0. The number of alkyl halides is 3. The molecule has 3 atom stereocenters. The van der Waals surface area contributed by atoms with Gasteiger partial charge in [-0.05, 0) is 25.8 Å². The van der Waals surface area contributed by atoms with Crippen LogP contribution in [0.15, 0.2) is 0 Å². The fourth-order valence-corrected chi connectivity index (χ4v) is 3.86. The van der Waals surface area contributed by atoms with Crippen molar-refractivity contribution >= 4 is 24.2 Å². The zero-order chi connectivity index (χ0) is 15.9. The van der Waals surface area contributed by atoms with Gasteiger partial charge in [0.25, 0.3) is 0 Å². The Morgan fingerprint density at radius 3 is 2.61 bits per heavy atom. The van der Waals surface area contributed by atoms with Crippen molar-refractivity contribution < 1.29 is 22.8 Å². The molecule has 0 aromatic carbocycles. The van der Waals surface area contributed by atoms with Crippen LogP contribution in [0.3, 0.4) is 0 Å². The number of carbonyl (C=O) groups is 2. The molecule has 3 unspecified atom stereocenters. The Kier molecular flexibility index (Phi) is 5.45. The first-order valence-corrected chi connectivity index (χ1v) is 7.72. The lowest BCUT2D eigenvalue weighted by Gasteiger charge is -2.30. The van der Waals surface area contributed by atoms with Gasteiger partial charge in [-0.1, -0.05) is 0 Å². The molecule has 2 amide bonds. The van der Waals surface area contributed by atoms with Gasteiger partial charge < -0.3 is 15.1 Å². The van der Waals surface area contributed by atoms with Crippen molar-refractivity contribution in [2.45, 2.75) is 43.9 Å². The highest BCUT2D eigenvalue weighted by molar-refractivity contribution is 5.89. The zero-order valence-corrected chi connectivity index (χ0v) is 13.5. The third-order valence-corrected chi connectivity index (χ3v) is 4.84. The van der Waals surface area contributed by atoms with E-state index in [1.807, 2.05) is 4.90 Å². The quantitative estimate of drug-likeness (QED) is 0.809. The number of hydrogen-bond donors (Lipinski definition) is 1. The maximum absolute atomic E-state index is 12.7. The Balaban J connectivity index is 0.00000192. The Labute approximate surface area is 139 Å². The molecule has 0 aromatic rings. The number of rotatable bonds is 2. The number of fused-ring (bicyclic) bond motifs is 2. The van der Waals surface area contributed by atoms with E-state index >= 15 is 0 Å². The van der Waals surface area contributed by atoms with Crippen molar-refractivity contribution in [3.05, 3.63) is 0 Å². The summed E-state index contributed by atoms with van der Waals surface area (Å²) in [4.78, 5) is 27.1. The second-order valence-electron chi connectivity index (χ2n) is 6.41. The van der Waals surface area contributed by atoms with Crippen LogP contribution >= 0.6 is 12.4 Å². The van der Waals surface area contributed by atoms with Gasteiger partial charge in [0.15, 0.2) is 0 Å². The Morgan fingerprint density at radius 2 is 1.91 bits per heavy atom. The molecule has 5 nitrogen and oxygen atoms in total. The lowest BCUT2D eigenvalue weighted by atomic mass is 10.1. The lowest BCUT2D eigenvalue weighted by molar-refractivity contribution is -0.157. The summed E-state index contributed by atoms with van der Waals surface area (Å²) in [5.41, 5.74) is 0. The molecule has 0 saturated carbocycles. The molecule has 2 bridgehead atoms. The van der Waals surface area contributed by atoms with E-state index < -0.39 is 24.5 Å². The normalized spacial score (nSPS) is 31.1. The van der Waals surface area contributed by atoms with Gasteiger partial charge in [0.2, 0.25) is 11.8 Å². The van der Waals surface area contributed by atoms with Crippen molar-refractivity contribution in [2.75, 3.05) is 26.2 Å². The molecule has 3 aliphatic heterocycles. The van der Waals surface area contributed by atoms with Gasteiger partial charge in [-0.3, -0.25) is 9.59 Å². The first-order chi connectivity index (χ1) is 10.3. The van der Waals surface area contributed by atoms with Gasteiger partial charge in [0.1, 0.15) is 6.54 Å². The molecule has 3 fully saturated rings. The van der Waals surface area contributed by atoms with Gasteiger partial charge in [0.05, 0.1) is 5.92 Å². The molecule has 9 heteroatoms. The monoisotopic (exact) mass is 355 g/mol. The van der Waals surface area contributed by atoms with Gasteiger partial charge >= 0.3 is 6.18 Å². The van der Waals surface area contributed by atoms with E-state index in [2.05, 4.69) is 5.32 Å². The predicted octanol–water partition coefficient (Wildman–Crippen LogP) is 1.17. The first-order valence-electron chi connectivity index (χ1n) is 7.72. The van der Waals surface area contributed by atoms with Gasteiger partial charge in [-0.25, -0.2) is 0 Å². The summed E-state index contributed by atoms with van der Waals surface area (Å²) in [7, 11) is 0. The van der Waals surface area contributed by atoms with Gasteiger partial charge in [-0.2, -0.15) is 13.2 Å². The number of nitrogens with zero attached hydrogens (tertiary/aromatic N) is 2. The molecule has 3 saturated heterocycles. The van der Waals surface area contributed by atoms with Crippen LogP contribution in [0.25, 0.3) is 0 Å². The minimum Gasteiger partial charge on any atom is -0.335 e. The largest absolute Gasteiger partial charge is 0.406 e. The summed E-state index contributed by atoms with van der Waals surface area (Å²) in [5.74, 6) is -1.35. The smallest absolute Gasteiger partial charge is 0.335 e. The number of likely N-dealkylation sites (tertiary alicyclic amines) is 1. The summed E-state index contributed by atoms with van der Waals surface area (Å²) in [6.07, 6.45) is -1.77. The highest BCUT2D eigenvalue weighted by atomic mass is 35.5. The van der Waals surface area contributed by atoms with Crippen LogP contribution in [-0.4, -0.2) is 66.1 Å². The summed E-state index contributed by atoms with van der Waals surface area (Å²) in [5, 5.41) is 3.28. The highest BCUT2D eigenvalue weighted by Gasteiger charge is 2.45. The third-order valence-electron chi connectivity index (χ3n) is 4.84. The number of carbonyl (C=O) groups excluding carboxylic acids is 2. The van der Waals surface area contributed by atoms with E-state index in [0.717, 1.165) is 37.3 Å². The van der Waals surface area contributed by atoms with Crippen molar-refractivity contribution in [2.24, 2.45) is 5.92 Å². The molecular weight excluding hydrogens is 335 g/mol. The first kappa shape index (κ1) is 18.3. The summed E-state index contributed by atoms with van der Waals surface area (Å²) < 4.78 is 37.4. The number of halogens is 4. The van der Waals surface area contributed by atoms with E-state index in [1.54, 1.807) is 0 Å². The number of amides is 2. The maximum atomic E-state index is 12.7. The molecule has 132 valence electrons. The van der Waals surface area contributed by atoms with Crippen LogP contribution in [-0.2, 0) is 9.59 Å². The molecular formula is C14H21ClF3N3O2. The molecule has 3 rings (SSSR count). The lowest BCUT2D eigenvalue weighted by Crippen LogP contribution is -2.46. The van der Waals surface area contributed by atoms with Crippen LogP contribution in [0.5, 0.6) is 0 Å². The summed E-state index contributed by atoms with van der Waals surface area (Å²) in [6, 6.07) is 0.283. The predicted molar refractivity (Wildman–Crippen MR) is 79.1 cm³/mol. The highest BCUT2D eigenvalue weighted by Crippen LogP contribution is 2.32. The molecule has 23 heavy (non-hydrogen) atoms. The Morgan fingerprint density at radius 1 is 1.22 bits per heavy atom. The molecule has 0 aliphatic carbocycles. The van der Waals surface area contributed by atoms with E-state index in [1.165, 1.54) is 0 Å². The van der Waals surface area contributed by atoms with Crippen LogP contribution in [0, 0.1) is 5.92 Å². The maximum Gasteiger partial charge on any atom is 0.406 e. The Hall–Kier alpha value is -1.02. The summed E-state index contributed by atoms with van der Waals surface area (Å²) >= 11 is 0. The van der Waals surface area contributed by atoms with Gasteiger partial charge in [-0.15, -0.1) is 12.4 Å². The van der Waals surface area contributed by atoms with E-state index in [0.29, 0.717) is 0 Å². The average molecular weight is 356 g/mol. The number of nitrogens with one attached hydrogen (secondary N) is 1. The molecule has 0 spiro atoms. The SMILES string of the molecule is Cl.O=C1CC(C(=O)N2C3CCNCC2CC3)CN1CC(F)(F)F. The standard InChI is InChI=1S/C14H20F3N3O2.ClH/c15-14(16,17)8-19-7-9(5-12(19)21)13(22)20-10-1-2-11(20)6-18-4-3-10;/h9-11,18H,1-8H2;1H. The Bertz CT molecular complexity index is 461. The van der Waals surface area contributed by atoms with Gasteiger partial charge in [0, 0.05) is 31.6 Å². The number of hydrogen-bond acceptors (Lipinski definition) is 3. The van der Waals surface area contributed by atoms with E-state index in [9.17, 15) is 22.8 Å². The molecule has 3 aliphatic rings. The van der Waals surface area contributed by atoms with Crippen LogP contribution in [0.1, 0.15) is 25.7 Å². The zero-order valence-electron chi connectivity index (χ0n) is 12.6. The van der Waals surface area contributed by atoms with Crippen LogP contribution in [0.2, 0.25) is 0 Å². The van der Waals surface area contributed by atoms with Crippen molar-refractivity contribution in [1.82, 2.24) is 15.1 Å². The molecule has 0 radical (unpaired) electrons. The minimum atomic E-state index is -4.42.